The zero-order valence-electron chi connectivity index (χ0n) is 10.3. The number of nitrogens with zero attached hydrogens (tertiary/aromatic N) is 3. The van der Waals surface area contributed by atoms with Crippen molar-refractivity contribution in [2.75, 3.05) is 7.11 Å². The van der Waals surface area contributed by atoms with Crippen molar-refractivity contribution in [2.45, 2.75) is 17.5 Å². The Morgan fingerprint density at radius 1 is 1.39 bits per heavy atom. The molecule has 1 aromatic carbocycles. The highest BCUT2D eigenvalue weighted by Gasteiger charge is 2.08. The second-order valence-electron chi connectivity index (χ2n) is 3.76. The summed E-state index contributed by atoms with van der Waals surface area (Å²) in [7, 11) is 3.50. The number of benzene rings is 1. The van der Waals surface area contributed by atoms with Gasteiger partial charge in [0.05, 0.1) is 7.11 Å². The topological polar surface area (TPSA) is 60.2 Å². The Hall–Kier alpha value is -1.53. The van der Waals surface area contributed by atoms with Gasteiger partial charge >= 0.3 is 0 Å². The molecule has 2 rings (SSSR count). The van der Waals surface area contributed by atoms with Crippen LogP contribution in [-0.2, 0) is 19.4 Å². The molecular formula is C12H15N3O2S. The van der Waals surface area contributed by atoms with Crippen LogP contribution in [0.15, 0.2) is 29.4 Å². The molecule has 0 aliphatic heterocycles. The van der Waals surface area contributed by atoms with Crippen molar-refractivity contribution in [3.8, 4) is 5.75 Å². The lowest BCUT2D eigenvalue weighted by atomic mass is 10.2. The molecule has 0 radical (unpaired) electrons. The Kier molecular flexibility index (Phi) is 4.22. The van der Waals surface area contributed by atoms with Crippen LogP contribution in [-0.4, -0.2) is 27.0 Å². The van der Waals surface area contributed by atoms with Crippen LogP contribution in [0.25, 0.3) is 0 Å². The molecule has 18 heavy (non-hydrogen) atoms. The fourth-order valence-electron chi connectivity index (χ4n) is 1.52. The first-order valence-electron chi connectivity index (χ1n) is 5.49. The number of aliphatic hydroxyl groups excluding tert-OH is 1. The Bertz CT molecular complexity index is 528. The van der Waals surface area contributed by atoms with Gasteiger partial charge in [-0.25, -0.2) is 0 Å². The lowest BCUT2D eigenvalue weighted by Gasteiger charge is -2.04. The maximum Gasteiger partial charge on any atom is 0.191 e. The van der Waals surface area contributed by atoms with Crippen molar-refractivity contribution >= 4 is 11.8 Å². The van der Waals surface area contributed by atoms with Crippen LogP contribution in [0.5, 0.6) is 5.75 Å². The summed E-state index contributed by atoms with van der Waals surface area (Å²) < 4.78 is 6.97. The average molecular weight is 265 g/mol. The fourth-order valence-corrected chi connectivity index (χ4v) is 2.39. The number of hydrogen-bond acceptors (Lipinski definition) is 5. The van der Waals surface area contributed by atoms with Crippen molar-refractivity contribution in [2.24, 2.45) is 7.05 Å². The van der Waals surface area contributed by atoms with Crippen LogP contribution in [0.1, 0.15) is 11.4 Å². The first-order chi connectivity index (χ1) is 8.74. The summed E-state index contributed by atoms with van der Waals surface area (Å²) >= 11 is 1.58. The molecular weight excluding hydrogens is 250 g/mol. The van der Waals surface area contributed by atoms with Crippen molar-refractivity contribution < 1.29 is 9.84 Å². The minimum Gasteiger partial charge on any atom is -0.497 e. The Labute approximate surface area is 110 Å². The van der Waals surface area contributed by atoms with E-state index in [1.807, 2.05) is 31.3 Å². The maximum atomic E-state index is 9.04. The Balaban J connectivity index is 2.04. The number of thioether (sulfide) groups is 1. The third-order valence-electron chi connectivity index (χ3n) is 2.57. The SMILES string of the molecule is COc1cccc(CSc2nnc(CO)n2C)c1. The van der Waals surface area contributed by atoms with Gasteiger partial charge in [-0.2, -0.15) is 0 Å². The van der Waals surface area contributed by atoms with Gasteiger partial charge in [0.25, 0.3) is 0 Å². The number of hydrogen-bond donors (Lipinski definition) is 1. The van der Waals surface area contributed by atoms with Crippen LogP contribution >= 0.6 is 11.8 Å². The third kappa shape index (κ3) is 2.83. The van der Waals surface area contributed by atoms with E-state index in [9.17, 15) is 0 Å². The quantitative estimate of drug-likeness (QED) is 0.832. The van der Waals surface area contributed by atoms with Crippen LogP contribution in [0.2, 0.25) is 0 Å². The van der Waals surface area contributed by atoms with E-state index in [0.29, 0.717) is 5.82 Å². The van der Waals surface area contributed by atoms with Gasteiger partial charge < -0.3 is 14.4 Å². The van der Waals surface area contributed by atoms with Crippen LogP contribution < -0.4 is 4.74 Å². The zero-order valence-corrected chi connectivity index (χ0v) is 11.1. The van der Waals surface area contributed by atoms with Crippen molar-refractivity contribution in [3.05, 3.63) is 35.7 Å². The molecule has 96 valence electrons. The van der Waals surface area contributed by atoms with E-state index >= 15 is 0 Å². The molecule has 0 atom stereocenters. The van der Waals surface area contributed by atoms with Crippen molar-refractivity contribution in [3.63, 3.8) is 0 Å². The number of rotatable bonds is 5. The van der Waals surface area contributed by atoms with Gasteiger partial charge in [0.15, 0.2) is 11.0 Å². The third-order valence-corrected chi connectivity index (χ3v) is 3.66. The number of aromatic nitrogens is 3. The largest absolute Gasteiger partial charge is 0.497 e. The van der Waals surface area contributed by atoms with E-state index in [1.54, 1.807) is 23.4 Å². The standard InChI is InChI=1S/C12H15N3O2S/c1-15-11(7-16)13-14-12(15)18-8-9-4-3-5-10(6-9)17-2/h3-6,16H,7-8H2,1-2H3. The minimum atomic E-state index is -0.0940. The molecule has 0 fully saturated rings. The first kappa shape index (κ1) is 12.9. The van der Waals surface area contributed by atoms with Crippen LogP contribution in [0.4, 0.5) is 0 Å². The average Bonchev–Trinajstić information content (AvgIpc) is 2.77. The smallest absolute Gasteiger partial charge is 0.191 e. The minimum absolute atomic E-state index is 0.0940. The predicted octanol–water partition coefficient (Wildman–Crippen LogP) is 1.61. The molecule has 0 bridgehead atoms. The molecule has 1 heterocycles. The predicted molar refractivity (Wildman–Crippen MR) is 69.5 cm³/mol. The summed E-state index contributed by atoms with van der Waals surface area (Å²) in [4.78, 5) is 0. The zero-order chi connectivity index (χ0) is 13.0. The molecule has 1 N–H and O–H groups in total. The number of ether oxygens (including phenoxy) is 1. The van der Waals surface area contributed by atoms with Gasteiger partial charge in [-0.15, -0.1) is 10.2 Å². The number of methoxy groups -OCH3 is 1. The fraction of sp³-hybridized carbons (Fsp3) is 0.333. The molecule has 2 aromatic rings. The lowest BCUT2D eigenvalue weighted by molar-refractivity contribution is 0.266. The molecule has 0 aliphatic rings. The molecule has 0 amide bonds. The van der Waals surface area contributed by atoms with Crippen molar-refractivity contribution in [1.29, 1.82) is 0 Å². The molecule has 0 saturated heterocycles. The van der Waals surface area contributed by atoms with E-state index in [2.05, 4.69) is 10.2 Å². The molecule has 0 spiro atoms. The van der Waals surface area contributed by atoms with Gasteiger partial charge in [-0.3, -0.25) is 0 Å². The summed E-state index contributed by atoms with van der Waals surface area (Å²) in [6.45, 7) is -0.0940. The first-order valence-corrected chi connectivity index (χ1v) is 6.48. The summed E-state index contributed by atoms with van der Waals surface area (Å²) in [5.74, 6) is 2.21. The summed E-state index contributed by atoms with van der Waals surface area (Å²) in [6.07, 6.45) is 0. The second-order valence-corrected chi connectivity index (χ2v) is 4.70. The molecule has 1 aromatic heterocycles. The highest BCUT2D eigenvalue weighted by atomic mass is 32.2. The molecule has 0 aliphatic carbocycles. The lowest BCUT2D eigenvalue weighted by Crippen LogP contribution is -1.98. The van der Waals surface area contributed by atoms with E-state index < -0.39 is 0 Å². The molecule has 0 unspecified atom stereocenters. The summed E-state index contributed by atoms with van der Waals surface area (Å²) in [5.41, 5.74) is 1.16. The van der Waals surface area contributed by atoms with E-state index in [1.165, 1.54) is 0 Å². The summed E-state index contributed by atoms with van der Waals surface area (Å²) in [5, 5.41) is 17.8. The molecule has 5 nitrogen and oxygen atoms in total. The monoisotopic (exact) mass is 265 g/mol. The van der Waals surface area contributed by atoms with Gasteiger partial charge in [-0.1, -0.05) is 23.9 Å². The van der Waals surface area contributed by atoms with E-state index in [-0.39, 0.29) is 6.61 Å². The van der Waals surface area contributed by atoms with Gasteiger partial charge in [0, 0.05) is 12.8 Å². The van der Waals surface area contributed by atoms with Crippen molar-refractivity contribution in [1.82, 2.24) is 14.8 Å². The van der Waals surface area contributed by atoms with Gasteiger partial charge in [0.2, 0.25) is 0 Å². The highest BCUT2D eigenvalue weighted by molar-refractivity contribution is 7.98. The van der Waals surface area contributed by atoms with Gasteiger partial charge in [-0.05, 0) is 17.7 Å². The summed E-state index contributed by atoms with van der Waals surface area (Å²) in [6, 6.07) is 7.92. The second kappa shape index (κ2) is 5.88. The van der Waals surface area contributed by atoms with E-state index in [0.717, 1.165) is 22.2 Å². The van der Waals surface area contributed by atoms with Crippen LogP contribution in [0, 0.1) is 0 Å². The van der Waals surface area contributed by atoms with E-state index in [4.69, 9.17) is 9.84 Å². The maximum absolute atomic E-state index is 9.04. The number of aliphatic hydroxyl groups is 1. The van der Waals surface area contributed by atoms with Gasteiger partial charge in [0.1, 0.15) is 12.4 Å². The van der Waals surface area contributed by atoms with Crippen LogP contribution in [0.3, 0.4) is 0 Å². The Morgan fingerprint density at radius 2 is 2.22 bits per heavy atom. The molecule has 6 heteroatoms. The normalized spacial score (nSPS) is 10.6. The molecule has 0 saturated carbocycles. The highest BCUT2D eigenvalue weighted by Crippen LogP contribution is 2.23. The Morgan fingerprint density at radius 3 is 2.89 bits per heavy atom.